The van der Waals surface area contributed by atoms with Gasteiger partial charge in [0.15, 0.2) is 0 Å². The average molecular weight is 233 g/mol. The number of rotatable bonds is 5. The lowest BCUT2D eigenvalue weighted by Crippen LogP contribution is -2.10. The van der Waals surface area contributed by atoms with E-state index in [1.54, 1.807) is 0 Å². The van der Waals surface area contributed by atoms with Gasteiger partial charge in [0.25, 0.3) is 5.76 Å². The van der Waals surface area contributed by atoms with E-state index >= 15 is 0 Å². The minimum absolute atomic E-state index is 0.375. The third-order valence-electron chi connectivity index (χ3n) is 1.52. The Morgan fingerprint density at radius 3 is 2.40 bits per heavy atom. The molecule has 0 bridgehead atoms. The summed E-state index contributed by atoms with van der Waals surface area (Å²) in [5.74, 6) is -1.46. The summed E-state index contributed by atoms with van der Waals surface area (Å²) in [5, 5.41) is 3.01. The van der Waals surface area contributed by atoms with Crippen LogP contribution < -0.4 is 5.32 Å². The Morgan fingerprint density at radius 2 is 1.93 bits per heavy atom. The van der Waals surface area contributed by atoms with Gasteiger partial charge < -0.3 is 5.32 Å². The molecule has 0 radical (unpaired) electrons. The van der Waals surface area contributed by atoms with Crippen molar-refractivity contribution in [1.82, 2.24) is 9.97 Å². The van der Waals surface area contributed by atoms with Gasteiger partial charge in [-0.25, -0.2) is 9.97 Å². The topological polar surface area (TPSA) is 37.8 Å². The van der Waals surface area contributed by atoms with E-state index in [1.807, 2.05) is 0 Å². The Bertz CT molecular complexity index is 290. The van der Waals surface area contributed by atoms with Crippen LogP contribution in [0.2, 0.25) is 0 Å². The minimum atomic E-state index is -2.43. The fourth-order valence-corrected chi connectivity index (χ4v) is 1.30. The van der Waals surface area contributed by atoms with Gasteiger partial charge in [-0.1, -0.05) is 25.6 Å². The molecule has 15 heavy (non-hydrogen) atoms. The Morgan fingerprint density at radius 1 is 1.33 bits per heavy atom. The summed E-state index contributed by atoms with van der Waals surface area (Å²) in [6.07, 6.45) is 2.79. The average Bonchev–Trinajstić information content (AvgIpc) is 2.16. The number of alkyl halides is 2. The molecule has 1 heterocycles. The molecule has 84 valence electrons. The first-order valence-electron chi connectivity index (χ1n) is 4.58. The summed E-state index contributed by atoms with van der Waals surface area (Å²) >= 11 is 0.445. The van der Waals surface area contributed by atoms with E-state index < -0.39 is 5.76 Å². The molecule has 3 nitrogen and oxygen atoms in total. The molecule has 1 rings (SSSR count). The summed E-state index contributed by atoms with van der Waals surface area (Å²) < 4.78 is 23.9. The van der Waals surface area contributed by atoms with Gasteiger partial charge in [0.1, 0.15) is 0 Å². The smallest absolute Gasteiger partial charge is 0.289 e. The van der Waals surface area contributed by atoms with Crippen LogP contribution in [0.15, 0.2) is 17.3 Å². The molecule has 1 aromatic rings. The maximum absolute atomic E-state index is 12.0. The lowest BCUT2D eigenvalue weighted by atomic mass is 10.2. The Labute approximate surface area is 91.7 Å². The number of nitrogens with zero attached hydrogens (tertiary/aromatic N) is 2. The van der Waals surface area contributed by atoms with E-state index in [0.29, 0.717) is 28.5 Å². The fraction of sp³-hybridized carbons (Fsp3) is 0.556. The highest BCUT2D eigenvalue weighted by atomic mass is 32.2. The number of thioether (sulfide) groups is 1. The second-order valence-corrected chi connectivity index (χ2v) is 4.46. The molecule has 0 atom stereocenters. The summed E-state index contributed by atoms with van der Waals surface area (Å²) in [4.78, 5) is 8.23. The Hall–Kier alpha value is -0.910. The van der Waals surface area contributed by atoms with E-state index in [4.69, 9.17) is 0 Å². The van der Waals surface area contributed by atoms with Crippen LogP contribution in [0.1, 0.15) is 13.8 Å². The van der Waals surface area contributed by atoms with Crippen molar-refractivity contribution in [3.05, 3.63) is 12.4 Å². The molecule has 0 saturated heterocycles. The van der Waals surface area contributed by atoms with Gasteiger partial charge in [-0.3, -0.25) is 0 Å². The number of anilines is 1. The SMILES string of the molecule is CC(C)CNc1ncc(SC(F)F)cn1. The molecule has 0 amide bonds. The summed E-state index contributed by atoms with van der Waals surface area (Å²) in [7, 11) is 0. The first kappa shape index (κ1) is 12.2. The number of hydrogen-bond acceptors (Lipinski definition) is 4. The van der Waals surface area contributed by atoms with E-state index in [9.17, 15) is 8.78 Å². The molecule has 1 N–H and O–H groups in total. The molecule has 6 heteroatoms. The molecule has 1 aromatic heterocycles. The number of nitrogens with one attached hydrogen (secondary N) is 1. The van der Waals surface area contributed by atoms with Gasteiger partial charge in [-0.15, -0.1) is 0 Å². The van der Waals surface area contributed by atoms with Gasteiger partial charge in [-0.2, -0.15) is 8.78 Å². The zero-order valence-corrected chi connectivity index (χ0v) is 9.39. The molecule has 0 aromatic carbocycles. The number of halogens is 2. The van der Waals surface area contributed by atoms with Gasteiger partial charge in [-0.05, 0) is 5.92 Å². The molecule has 0 aliphatic heterocycles. The summed E-state index contributed by atoms with van der Waals surface area (Å²) in [6, 6.07) is 0. The van der Waals surface area contributed by atoms with Crippen molar-refractivity contribution >= 4 is 17.7 Å². The number of aromatic nitrogens is 2. The standard InChI is InChI=1S/C9H13F2N3S/c1-6(2)3-12-9-13-4-7(5-14-9)15-8(10)11/h4-6,8H,3H2,1-2H3,(H,12,13,14). The first-order valence-corrected chi connectivity index (χ1v) is 5.46. The van der Waals surface area contributed by atoms with E-state index in [1.165, 1.54) is 12.4 Å². The third-order valence-corrected chi connectivity index (χ3v) is 2.18. The molecule has 0 spiro atoms. The normalized spacial score (nSPS) is 11.1. The third kappa shape index (κ3) is 4.92. The predicted octanol–water partition coefficient (Wildman–Crippen LogP) is 2.86. The van der Waals surface area contributed by atoms with E-state index in [2.05, 4.69) is 29.1 Å². The lowest BCUT2D eigenvalue weighted by Gasteiger charge is -2.07. The van der Waals surface area contributed by atoms with Crippen LogP contribution >= 0.6 is 11.8 Å². The highest BCUT2D eigenvalue weighted by molar-refractivity contribution is 7.99. The van der Waals surface area contributed by atoms with Crippen LogP contribution in [-0.2, 0) is 0 Å². The molecular formula is C9H13F2N3S. The summed E-state index contributed by atoms with van der Waals surface area (Å²) in [6.45, 7) is 4.89. The zero-order valence-electron chi connectivity index (χ0n) is 8.58. The van der Waals surface area contributed by atoms with Crippen molar-refractivity contribution in [3.63, 3.8) is 0 Å². The van der Waals surface area contributed by atoms with Crippen LogP contribution in [0.4, 0.5) is 14.7 Å². The fourth-order valence-electron chi connectivity index (χ4n) is 0.867. The van der Waals surface area contributed by atoms with Crippen LogP contribution in [-0.4, -0.2) is 22.3 Å². The highest BCUT2D eigenvalue weighted by Crippen LogP contribution is 2.23. The maximum Gasteiger partial charge on any atom is 0.289 e. The monoisotopic (exact) mass is 233 g/mol. The second kappa shape index (κ2) is 5.85. The Balaban J connectivity index is 2.49. The van der Waals surface area contributed by atoms with Crippen molar-refractivity contribution in [2.75, 3.05) is 11.9 Å². The van der Waals surface area contributed by atoms with Crippen molar-refractivity contribution in [2.24, 2.45) is 5.92 Å². The van der Waals surface area contributed by atoms with Crippen molar-refractivity contribution in [1.29, 1.82) is 0 Å². The van der Waals surface area contributed by atoms with Crippen LogP contribution in [0.3, 0.4) is 0 Å². The quantitative estimate of drug-likeness (QED) is 0.793. The van der Waals surface area contributed by atoms with Crippen molar-refractivity contribution in [2.45, 2.75) is 24.5 Å². The van der Waals surface area contributed by atoms with Crippen LogP contribution in [0.5, 0.6) is 0 Å². The zero-order chi connectivity index (χ0) is 11.3. The second-order valence-electron chi connectivity index (χ2n) is 3.40. The van der Waals surface area contributed by atoms with Gasteiger partial charge in [0, 0.05) is 23.8 Å². The molecule has 0 unspecified atom stereocenters. The molecule has 0 aliphatic carbocycles. The molecule has 0 aliphatic rings. The van der Waals surface area contributed by atoms with Crippen LogP contribution in [0.25, 0.3) is 0 Å². The largest absolute Gasteiger partial charge is 0.354 e. The maximum atomic E-state index is 12.0. The molecule has 0 fully saturated rings. The van der Waals surface area contributed by atoms with Gasteiger partial charge in [0.2, 0.25) is 5.95 Å². The van der Waals surface area contributed by atoms with E-state index in [-0.39, 0.29) is 0 Å². The minimum Gasteiger partial charge on any atom is -0.354 e. The first-order chi connectivity index (χ1) is 7.08. The van der Waals surface area contributed by atoms with Crippen molar-refractivity contribution in [3.8, 4) is 0 Å². The van der Waals surface area contributed by atoms with Crippen LogP contribution in [0, 0.1) is 5.92 Å². The Kier molecular flexibility index (Phi) is 4.74. The summed E-state index contributed by atoms with van der Waals surface area (Å²) in [5.41, 5.74) is 0. The highest BCUT2D eigenvalue weighted by Gasteiger charge is 2.06. The molecular weight excluding hydrogens is 220 g/mol. The predicted molar refractivity (Wildman–Crippen MR) is 57.2 cm³/mol. The lowest BCUT2D eigenvalue weighted by molar-refractivity contribution is 0.252. The van der Waals surface area contributed by atoms with E-state index in [0.717, 1.165) is 6.54 Å². The molecule has 0 saturated carbocycles. The van der Waals surface area contributed by atoms with Gasteiger partial charge >= 0.3 is 0 Å². The number of hydrogen-bond donors (Lipinski definition) is 1. The van der Waals surface area contributed by atoms with Gasteiger partial charge in [0.05, 0.1) is 0 Å². The van der Waals surface area contributed by atoms with Crippen molar-refractivity contribution < 1.29 is 8.78 Å².